The minimum Gasteiger partial charge on any atom is -0.382 e. The highest BCUT2D eigenvalue weighted by Crippen LogP contribution is 2.55. The van der Waals surface area contributed by atoms with Crippen LogP contribution in [0, 0.1) is 0 Å². The van der Waals surface area contributed by atoms with Gasteiger partial charge in [0.05, 0.1) is 22.8 Å². The van der Waals surface area contributed by atoms with Gasteiger partial charge in [-0.05, 0) is 152 Å². The van der Waals surface area contributed by atoms with Gasteiger partial charge in [0.2, 0.25) is 0 Å². The van der Waals surface area contributed by atoms with Crippen LogP contribution < -0.4 is 0 Å². The van der Waals surface area contributed by atoms with Crippen molar-refractivity contribution in [2.24, 2.45) is 0 Å². The summed E-state index contributed by atoms with van der Waals surface area (Å²) in [6, 6.07) is 20.1. The molecule has 0 spiro atoms. The summed E-state index contributed by atoms with van der Waals surface area (Å²) in [5, 5.41) is 96.2. The van der Waals surface area contributed by atoms with E-state index in [-0.39, 0.29) is 11.1 Å². The fraction of sp³-hybridized carbons (Fsp3) is 0.444. The lowest BCUT2D eigenvalue weighted by molar-refractivity contribution is -0.329. The van der Waals surface area contributed by atoms with Crippen LogP contribution in [0.15, 0.2) is 72.8 Å². The number of aromatic nitrogens is 4. The van der Waals surface area contributed by atoms with Gasteiger partial charge < -0.3 is 60.3 Å². The molecular formula is C72H82N4O18. The summed E-state index contributed by atoms with van der Waals surface area (Å²) in [6.45, 7) is 10.8. The Labute approximate surface area is 542 Å². The number of ketones is 8. The van der Waals surface area contributed by atoms with Crippen LogP contribution in [0.2, 0.25) is 0 Å². The number of aryl methyl sites for hydroxylation is 2. The van der Waals surface area contributed by atoms with Crippen LogP contribution in [0.4, 0.5) is 0 Å². The first-order valence-corrected chi connectivity index (χ1v) is 31.7. The number of nitrogens with one attached hydrogen (secondary N) is 2. The zero-order valence-electron chi connectivity index (χ0n) is 54.3. The van der Waals surface area contributed by atoms with Gasteiger partial charge in [0.1, 0.15) is 36.6 Å². The molecule has 12 atom stereocenters. The molecule has 4 aliphatic rings. The fourth-order valence-corrected chi connectivity index (χ4v) is 14.2. The predicted octanol–water partition coefficient (Wildman–Crippen LogP) is 6.94. The number of hydrogen-bond acceptors (Lipinski definition) is 20. The summed E-state index contributed by atoms with van der Waals surface area (Å²) in [6.07, 6.45) is 2.48. The summed E-state index contributed by atoms with van der Waals surface area (Å²) in [5.41, 5.74) is -12.3. The lowest BCUT2D eigenvalue weighted by atomic mass is 9.57. The molecule has 498 valence electrons. The lowest BCUT2D eigenvalue weighted by Gasteiger charge is -2.58. The summed E-state index contributed by atoms with van der Waals surface area (Å²) >= 11 is 0. The van der Waals surface area contributed by atoms with Crippen LogP contribution in [0.25, 0.3) is 68.6 Å². The molecule has 22 nitrogen and oxygen atoms in total. The quantitative estimate of drug-likeness (QED) is 0.0274. The Bertz CT molecular complexity index is 4020. The molecule has 2 unspecified atom stereocenters. The van der Waals surface area contributed by atoms with Gasteiger partial charge in [-0.25, -0.2) is 9.97 Å². The highest BCUT2D eigenvalue weighted by Gasteiger charge is 2.80. The van der Waals surface area contributed by atoms with Crippen molar-refractivity contribution in [2.75, 3.05) is 0 Å². The van der Waals surface area contributed by atoms with E-state index >= 15 is 0 Å². The normalized spacial score (nSPS) is 27.2. The Balaban J connectivity index is 1.27. The van der Waals surface area contributed by atoms with Gasteiger partial charge in [-0.2, -0.15) is 0 Å². The number of hydrogen-bond donors (Lipinski definition) is 10. The zero-order chi connectivity index (χ0) is 68.9. The third-order valence-electron chi connectivity index (χ3n) is 19.5. The second kappa shape index (κ2) is 26.7. The molecule has 0 saturated carbocycles. The molecule has 9 rings (SSSR count). The standard InChI is InChI=1S/C72H82N4O18/c1-11-13-15-17-19-49-51-29-33-55(73-51)59(45-21-25-47(26-22-45)63-67(87,39(5)79)71(91,43(9)83)69(89,41(7)81)65(93-63)61(85)37(3)77)57-35-31-53(75-57)50(20-18-16-14-12-2)54-32-36-58(76-54)60(56-34-30-52(49)74-56)46-23-27-48(28-24-46)64-68(88,40(6)80)72(92,44(10)84)70(90,42(8)82)66(94-64)62(86)38(4)78/h21-36,61-66,73,75,85-92H,11-20H2,1-10H3/t61?,62?,63-,64-,65+,66+,67-,68-,69-,70-,71+,72+/m0/s1. The van der Waals surface area contributed by atoms with Gasteiger partial charge >= 0.3 is 0 Å². The number of H-pyrrole nitrogens is 2. The minimum atomic E-state index is -3.65. The fourth-order valence-electron chi connectivity index (χ4n) is 14.2. The summed E-state index contributed by atoms with van der Waals surface area (Å²) in [7, 11) is 0. The maximum atomic E-state index is 13.8. The first-order valence-electron chi connectivity index (χ1n) is 31.7. The molecule has 3 aromatic heterocycles. The van der Waals surface area contributed by atoms with E-state index in [2.05, 4.69) is 23.8 Å². The molecule has 2 fully saturated rings. The Kier molecular flexibility index (Phi) is 19.9. The van der Waals surface area contributed by atoms with Crippen molar-refractivity contribution >= 4 is 92.6 Å². The van der Waals surface area contributed by atoms with Gasteiger partial charge in [0, 0.05) is 44.3 Å². The van der Waals surface area contributed by atoms with Crippen LogP contribution in [0.1, 0.15) is 178 Å². The van der Waals surface area contributed by atoms with Crippen LogP contribution in [-0.4, -0.2) is 165 Å². The molecule has 94 heavy (non-hydrogen) atoms. The van der Waals surface area contributed by atoms with Gasteiger partial charge in [-0.15, -0.1) is 0 Å². The van der Waals surface area contributed by atoms with E-state index in [1.807, 2.05) is 48.6 Å². The van der Waals surface area contributed by atoms with Gasteiger partial charge in [-0.1, -0.05) is 101 Å². The number of rotatable bonds is 24. The average Bonchev–Trinajstić information content (AvgIpc) is 0.863. The summed E-state index contributed by atoms with van der Waals surface area (Å²) in [5.74, 6) is -10.2. The Morgan fingerprint density at radius 1 is 0.415 bits per heavy atom. The molecule has 0 aliphatic carbocycles. The monoisotopic (exact) mass is 1290 g/mol. The number of unbranched alkanes of at least 4 members (excludes halogenated alkanes) is 6. The molecule has 7 heterocycles. The molecule has 22 heteroatoms. The molecule has 0 radical (unpaired) electrons. The van der Waals surface area contributed by atoms with E-state index in [1.165, 1.54) is 24.3 Å². The second-order valence-corrected chi connectivity index (χ2v) is 25.4. The molecule has 0 amide bonds. The average molecular weight is 1290 g/mol. The first-order chi connectivity index (χ1) is 44.3. The third-order valence-corrected chi connectivity index (χ3v) is 19.5. The molecular weight excluding hydrogens is 1210 g/mol. The van der Waals surface area contributed by atoms with E-state index < -0.39 is 116 Å². The smallest absolute Gasteiger partial charge is 0.200 e. The number of carbonyl (C=O) groups excluding carboxylic acids is 8. The van der Waals surface area contributed by atoms with Crippen molar-refractivity contribution in [3.05, 3.63) is 118 Å². The number of nitrogens with zero attached hydrogens (tertiary/aromatic N) is 2. The van der Waals surface area contributed by atoms with Crippen LogP contribution in [-0.2, 0) is 60.7 Å². The number of benzene rings is 2. The molecule has 5 aromatic rings. The van der Waals surface area contributed by atoms with E-state index in [0.29, 0.717) is 79.9 Å². The maximum absolute atomic E-state index is 13.8. The first kappa shape index (κ1) is 70.3. The van der Waals surface area contributed by atoms with Crippen LogP contribution in [0.5, 0.6) is 0 Å². The molecule has 2 aromatic carbocycles. The summed E-state index contributed by atoms with van der Waals surface area (Å²) < 4.78 is 12.2. The molecule has 10 N–H and O–H groups in total. The van der Waals surface area contributed by atoms with E-state index in [1.54, 1.807) is 24.3 Å². The van der Waals surface area contributed by atoms with Crippen molar-refractivity contribution in [3.8, 4) is 22.3 Å². The number of aliphatic hydroxyl groups excluding tert-OH is 2. The van der Waals surface area contributed by atoms with E-state index in [4.69, 9.17) is 19.4 Å². The zero-order valence-corrected chi connectivity index (χ0v) is 54.3. The minimum absolute atomic E-state index is 0.0421. The third kappa shape index (κ3) is 11.1. The van der Waals surface area contributed by atoms with Crippen molar-refractivity contribution in [2.45, 2.75) is 204 Å². The Morgan fingerprint density at radius 3 is 1.04 bits per heavy atom. The second-order valence-electron chi connectivity index (χ2n) is 25.4. The maximum Gasteiger partial charge on any atom is 0.200 e. The number of carbonyl (C=O) groups is 8. The Hall–Kier alpha value is -8.00. The molecule has 2 saturated heterocycles. The number of aliphatic hydroxyl groups is 8. The SMILES string of the molecule is CCCCCCc1c2nc(c(-c3ccc([C@@H]4O[C@H](C(O)C(C)=O)[C@@](O)(C(C)=O)[C@@](O)(C(C)=O)[C@]4(O)C(C)=O)cc3)c3nc(c(CCCCCC)c4ccc([nH]4)c(-c4ccc([C@@H]5O[C@H](C(O)C(C)=O)[C@@](O)(C(C)=O)[C@@](O)(C(C)=O)[C@]5(O)C(C)=O)cc4)c4ccc1[nH]4)C=C3)C=C2. The van der Waals surface area contributed by atoms with Crippen LogP contribution >= 0.6 is 0 Å². The number of Topliss-reactive ketones (excluding diaryl/α,β-unsaturated/α-hetero) is 8. The molecule has 4 aliphatic heterocycles. The van der Waals surface area contributed by atoms with Crippen molar-refractivity contribution < 1.29 is 88.7 Å². The van der Waals surface area contributed by atoms with Crippen LogP contribution in [0.3, 0.4) is 0 Å². The van der Waals surface area contributed by atoms with E-state index in [9.17, 15) is 79.2 Å². The van der Waals surface area contributed by atoms with E-state index in [0.717, 1.165) is 118 Å². The summed E-state index contributed by atoms with van der Waals surface area (Å²) in [4.78, 5) is 125. The predicted molar refractivity (Wildman–Crippen MR) is 348 cm³/mol. The van der Waals surface area contributed by atoms with Gasteiger partial charge in [0.25, 0.3) is 0 Å². The lowest BCUT2D eigenvalue weighted by Crippen LogP contribution is -2.85. The highest BCUT2D eigenvalue weighted by molar-refractivity contribution is 6.08. The number of fused-ring (bicyclic) bond motifs is 8. The number of aromatic amines is 2. The van der Waals surface area contributed by atoms with Gasteiger partial charge in [0.15, 0.2) is 79.9 Å². The topological polar surface area (TPSA) is 374 Å². The van der Waals surface area contributed by atoms with Crippen molar-refractivity contribution in [1.82, 2.24) is 19.9 Å². The Morgan fingerprint density at radius 2 is 0.734 bits per heavy atom. The van der Waals surface area contributed by atoms with Crippen molar-refractivity contribution in [3.63, 3.8) is 0 Å². The number of ether oxygens (including phenoxy) is 2. The van der Waals surface area contributed by atoms with Gasteiger partial charge in [-0.3, -0.25) is 38.4 Å². The van der Waals surface area contributed by atoms with Crippen molar-refractivity contribution in [1.29, 1.82) is 0 Å². The highest BCUT2D eigenvalue weighted by atomic mass is 16.6. The molecule has 8 bridgehead atoms. The largest absolute Gasteiger partial charge is 0.382 e.